The Balaban J connectivity index is 3.42. The summed E-state index contributed by atoms with van der Waals surface area (Å²) < 4.78 is 0. The molecule has 3 N–H and O–H groups in total. The van der Waals surface area contributed by atoms with E-state index in [9.17, 15) is 24.5 Å². The standard InChI is InChI=1S/C14H17N3O5/c1-3-11(19)13(12(8(2)18)14(20)16-15)9-5-4-6-10(7-9)17(21)22/h4-7,12-13H,3,15H2,1-2H3,(H,16,20). The first-order chi connectivity index (χ1) is 10.3. The van der Waals surface area contributed by atoms with Gasteiger partial charge in [-0.2, -0.15) is 0 Å². The number of ketones is 2. The Morgan fingerprint density at radius 3 is 2.45 bits per heavy atom. The lowest BCUT2D eigenvalue weighted by atomic mass is 9.79. The van der Waals surface area contributed by atoms with Crippen LogP contribution >= 0.6 is 0 Å². The minimum absolute atomic E-state index is 0.0784. The Morgan fingerprint density at radius 2 is 2.00 bits per heavy atom. The summed E-state index contributed by atoms with van der Waals surface area (Å²) in [6.45, 7) is 2.76. The van der Waals surface area contributed by atoms with E-state index in [1.54, 1.807) is 6.92 Å². The van der Waals surface area contributed by atoms with Crippen LogP contribution in [0.4, 0.5) is 5.69 Å². The third kappa shape index (κ3) is 3.73. The maximum atomic E-state index is 12.2. The molecule has 8 heteroatoms. The van der Waals surface area contributed by atoms with Gasteiger partial charge in [0.25, 0.3) is 5.69 Å². The molecule has 0 heterocycles. The smallest absolute Gasteiger partial charge is 0.269 e. The van der Waals surface area contributed by atoms with Gasteiger partial charge in [-0.25, -0.2) is 5.84 Å². The lowest BCUT2D eigenvalue weighted by Gasteiger charge is -2.22. The number of hydrogen-bond acceptors (Lipinski definition) is 6. The van der Waals surface area contributed by atoms with E-state index < -0.39 is 28.4 Å². The molecule has 1 rings (SSSR count). The van der Waals surface area contributed by atoms with Gasteiger partial charge < -0.3 is 0 Å². The highest BCUT2D eigenvalue weighted by molar-refractivity contribution is 6.06. The van der Waals surface area contributed by atoms with Gasteiger partial charge in [-0.05, 0) is 12.5 Å². The summed E-state index contributed by atoms with van der Waals surface area (Å²) in [5, 5.41) is 10.9. The normalized spacial score (nSPS) is 13.0. The SMILES string of the molecule is CCC(=O)C(c1cccc([N+](=O)[O-])c1)C(C(C)=O)C(=O)NN. The quantitative estimate of drug-likeness (QED) is 0.252. The second-order valence-corrected chi connectivity index (χ2v) is 4.75. The summed E-state index contributed by atoms with van der Waals surface area (Å²) >= 11 is 0. The molecule has 1 aromatic rings. The number of benzene rings is 1. The average Bonchev–Trinajstić information content (AvgIpc) is 2.50. The Kier molecular flexibility index (Phi) is 5.88. The first-order valence-corrected chi connectivity index (χ1v) is 6.61. The van der Waals surface area contributed by atoms with Crippen LogP contribution in [0.3, 0.4) is 0 Å². The number of nitrogens with one attached hydrogen (secondary N) is 1. The van der Waals surface area contributed by atoms with Gasteiger partial charge in [0.2, 0.25) is 5.91 Å². The molecule has 0 fully saturated rings. The highest BCUT2D eigenvalue weighted by Crippen LogP contribution is 2.30. The van der Waals surface area contributed by atoms with Crippen molar-refractivity contribution in [3.63, 3.8) is 0 Å². The number of nitrogens with zero attached hydrogens (tertiary/aromatic N) is 1. The predicted octanol–water partition coefficient (Wildman–Crippen LogP) is 0.853. The molecule has 8 nitrogen and oxygen atoms in total. The van der Waals surface area contributed by atoms with Crippen molar-refractivity contribution in [2.75, 3.05) is 0 Å². The third-order valence-electron chi connectivity index (χ3n) is 3.33. The molecule has 0 radical (unpaired) electrons. The van der Waals surface area contributed by atoms with Gasteiger partial charge in [0.1, 0.15) is 17.5 Å². The first-order valence-electron chi connectivity index (χ1n) is 6.61. The fourth-order valence-corrected chi connectivity index (χ4v) is 2.28. The number of non-ortho nitro benzene ring substituents is 1. The molecule has 0 aliphatic carbocycles. The number of nitro benzene ring substituents is 1. The number of hydrazine groups is 1. The maximum Gasteiger partial charge on any atom is 0.269 e. The van der Waals surface area contributed by atoms with Gasteiger partial charge in [0.15, 0.2) is 0 Å². The lowest BCUT2D eigenvalue weighted by molar-refractivity contribution is -0.384. The number of Topliss-reactive ketones (excluding diaryl/α,β-unsaturated/α-hetero) is 2. The molecule has 0 aliphatic rings. The Bertz CT molecular complexity index is 614. The van der Waals surface area contributed by atoms with Crippen LogP contribution in [0.2, 0.25) is 0 Å². The van der Waals surface area contributed by atoms with Gasteiger partial charge in [-0.3, -0.25) is 29.9 Å². The number of nitro groups is 1. The van der Waals surface area contributed by atoms with E-state index in [0.29, 0.717) is 0 Å². The van der Waals surface area contributed by atoms with Crippen molar-refractivity contribution in [3.05, 3.63) is 39.9 Å². The predicted molar refractivity (Wildman–Crippen MR) is 77.6 cm³/mol. The van der Waals surface area contributed by atoms with Gasteiger partial charge in [-0.1, -0.05) is 19.1 Å². The highest BCUT2D eigenvalue weighted by atomic mass is 16.6. The largest absolute Gasteiger partial charge is 0.299 e. The van der Waals surface area contributed by atoms with Crippen molar-refractivity contribution in [2.24, 2.45) is 11.8 Å². The molecule has 0 aromatic heterocycles. The van der Waals surface area contributed by atoms with E-state index in [1.807, 2.05) is 5.43 Å². The van der Waals surface area contributed by atoms with Gasteiger partial charge in [0, 0.05) is 18.6 Å². The fourth-order valence-electron chi connectivity index (χ4n) is 2.28. The van der Waals surface area contributed by atoms with Crippen LogP contribution < -0.4 is 11.3 Å². The Morgan fingerprint density at radius 1 is 1.36 bits per heavy atom. The van der Waals surface area contributed by atoms with Crippen molar-refractivity contribution >= 4 is 23.2 Å². The molecule has 0 aliphatic heterocycles. The molecule has 22 heavy (non-hydrogen) atoms. The fraction of sp³-hybridized carbons (Fsp3) is 0.357. The van der Waals surface area contributed by atoms with E-state index in [2.05, 4.69) is 0 Å². The molecule has 0 saturated heterocycles. The van der Waals surface area contributed by atoms with Crippen molar-refractivity contribution in [1.82, 2.24) is 5.43 Å². The van der Waals surface area contributed by atoms with E-state index in [1.165, 1.54) is 31.2 Å². The summed E-state index contributed by atoms with van der Waals surface area (Å²) in [7, 11) is 0. The van der Waals surface area contributed by atoms with Crippen LogP contribution in [-0.2, 0) is 14.4 Å². The Hall–Kier alpha value is -2.61. The zero-order valence-electron chi connectivity index (χ0n) is 12.2. The second-order valence-electron chi connectivity index (χ2n) is 4.75. The number of carbonyl (C=O) groups is 3. The summed E-state index contributed by atoms with van der Waals surface area (Å²) in [5.41, 5.74) is 1.89. The molecule has 2 unspecified atom stereocenters. The van der Waals surface area contributed by atoms with Crippen LogP contribution in [0.5, 0.6) is 0 Å². The summed E-state index contributed by atoms with van der Waals surface area (Å²) in [4.78, 5) is 46.1. The zero-order valence-corrected chi connectivity index (χ0v) is 12.2. The molecule has 1 amide bonds. The lowest BCUT2D eigenvalue weighted by Crippen LogP contribution is -2.43. The number of nitrogens with two attached hydrogens (primary N) is 1. The molecule has 2 atom stereocenters. The summed E-state index contributed by atoms with van der Waals surface area (Å²) in [6.07, 6.45) is 0.0784. The molecular weight excluding hydrogens is 290 g/mol. The van der Waals surface area contributed by atoms with Gasteiger partial charge in [-0.15, -0.1) is 0 Å². The molecular formula is C14H17N3O5. The number of carbonyl (C=O) groups excluding carboxylic acids is 3. The average molecular weight is 307 g/mol. The topological polar surface area (TPSA) is 132 Å². The van der Waals surface area contributed by atoms with E-state index in [-0.39, 0.29) is 23.5 Å². The minimum Gasteiger partial charge on any atom is -0.299 e. The summed E-state index contributed by atoms with van der Waals surface area (Å²) in [5.74, 6) is 0.938. The first kappa shape index (κ1) is 17.4. The van der Waals surface area contributed by atoms with Crippen molar-refractivity contribution < 1.29 is 19.3 Å². The molecule has 118 valence electrons. The van der Waals surface area contributed by atoms with E-state index >= 15 is 0 Å². The number of hydrogen-bond donors (Lipinski definition) is 2. The number of rotatable bonds is 7. The van der Waals surface area contributed by atoms with E-state index in [4.69, 9.17) is 5.84 Å². The summed E-state index contributed by atoms with van der Waals surface area (Å²) in [6, 6.07) is 5.34. The van der Waals surface area contributed by atoms with Crippen LogP contribution in [0, 0.1) is 16.0 Å². The van der Waals surface area contributed by atoms with Crippen molar-refractivity contribution in [2.45, 2.75) is 26.2 Å². The molecule has 0 spiro atoms. The third-order valence-corrected chi connectivity index (χ3v) is 3.33. The molecule has 0 bridgehead atoms. The van der Waals surface area contributed by atoms with Crippen LogP contribution in [0.25, 0.3) is 0 Å². The maximum absolute atomic E-state index is 12.2. The Labute approximate surface area is 126 Å². The van der Waals surface area contributed by atoms with Gasteiger partial charge in [0.05, 0.1) is 10.8 Å². The van der Waals surface area contributed by atoms with Crippen molar-refractivity contribution in [3.8, 4) is 0 Å². The van der Waals surface area contributed by atoms with Crippen LogP contribution in [0.1, 0.15) is 31.7 Å². The molecule has 1 aromatic carbocycles. The second kappa shape index (κ2) is 7.41. The van der Waals surface area contributed by atoms with Crippen LogP contribution in [-0.4, -0.2) is 22.4 Å². The van der Waals surface area contributed by atoms with Gasteiger partial charge >= 0.3 is 0 Å². The van der Waals surface area contributed by atoms with E-state index in [0.717, 1.165) is 0 Å². The van der Waals surface area contributed by atoms with Crippen molar-refractivity contribution in [1.29, 1.82) is 0 Å². The monoisotopic (exact) mass is 307 g/mol. The highest BCUT2D eigenvalue weighted by Gasteiger charge is 2.37. The number of amides is 1. The zero-order chi connectivity index (χ0) is 16.9. The van der Waals surface area contributed by atoms with Crippen LogP contribution in [0.15, 0.2) is 24.3 Å². The minimum atomic E-state index is -1.32. The molecule has 0 saturated carbocycles.